The Bertz CT molecular complexity index is 892. The van der Waals surface area contributed by atoms with E-state index in [1.165, 1.54) is 12.1 Å². The van der Waals surface area contributed by atoms with E-state index in [4.69, 9.17) is 4.74 Å². The summed E-state index contributed by atoms with van der Waals surface area (Å²) < 4.78 is 29.9. The first-order valence-corrected chi connectivity index (χ1v) is 10.4. The average molecular weight is 387 g/mol. The van der Waals surface area contributed by atoms with Gasteiger partial charge in [0.1, 0.15) is 0 Å². The van der Waals surface area contributed by atoms with Gasteiger partial charge >= 0.3 is 5.97 Å². The van der Waals surface area contributed by atoms with Gasteiger partial charge in [-0.15, -0.1) is 0 Å². The van der Waals surface area contributed by atoms with Crippen LogP contribution in [0.4, 0.5) is 0 Å². The molecule has 0 bridgehead atoms. The molecule has 2 aromatic rings. The number of sulfone groups is 1. The summed E-state index contributed by atoms with van der Waals surface area (Å²) in [5.74, 6) is -1.49. The molecule has 0 spiro atoms. The van der Waals surface area contributed by atoms with Crippen molar-refractivity contribution < 1.29 is 22.7 Å². The Morgan fingerprint density at radius 2 is 1.59 bits per heavy atom. The van der Waals surface area contributed by atoms with E-state index in [1.54, 1.807) is 48.5 Å². The number of carbonyl (C=O) groups is 2. The van der Waals surface area contributed by atoms with Crippen molar-refractivity contribution in [2.45, 2.75) is 36.3 Å². The van der Waals surface area contributed by atoms with Gasteiger partial charge in [0.2, 0.25) is 6.10 Å². The average Bonchev–Trinajstić information content (AvgIpc) is 3.50. The molecule has 0 heterocycles. The molecule has 0 aliphatic heterocycles. The fraction of sp³-hybridized carbons (Fsp3) is 0.300. The van der Waals surface area contributed by atoms with E-state index in [1.807, 2.05) is 0 Å². The van der Waals surface area contributed by atoms with Gasteiger partial charge in [-0.2, -0.15) is 0 Å². The van der Waals surface area contributed by atoms with Crippen molar-refractivity contribution in [1.82, 2.24) is 5.32 Å². The number of rotatable bonds is 8. The van der Waals surface area contributed by atoms with Crippen LogP contribution in [0.2, 0.25) is 0 Å². The zero-order valence-electron chi connectivity index (χ0n) is 14.7. The number of amides is 1. The summed E-state index contributed by atoms with van der Waals surface area (Å²) in [6.07, 6.45) is 0.420. The van der Waals surface area contributed by atoms with Gasteiger partial charge in [-0.25, -0.2) is 8.42 Å². The number of carbonyl (C=O) groups excluding carboxylic acids is 2. The molecular formula is C20H21NO5S. The standard InChI is InChI=1S/C20H21NO5S/c22-18(13-14-27(24,25)17-9-5-2-6-10-17)26-19(15-7-3-1-4-8-15)20(23)21-16-11-12-16/h1-10,16,19H,11-14H2,(H,21,23)/t19-/m1/s1. The van der Waals surface area contributed by atoms with Crippen LogP contribution in [0.5, 0.6) is 0 Å². The van der Waals surface area contributed by atoms with Crippen LogP contribution in [0.25, 0.3) is 0 Å². The third kappa shape index (κ3) is 5.40. The molecule has 27 heavy (non-hydrogen) atoms. The van der Waals surface area contributed by atoms with Crippen LogP contribution in [-0.4, -0.2) is 32.1 Å². The van der Waals surface area contributed by atoms with Crippen molar-refractivity contribution in [3.63, 3.8) is 0 Å². The molecule has 0 aromatic heterocycles. The first kappa shape index (κ1) is 19.1. The number of ether oxygens (including phenoxy) is 1. The van der Waals surface area contributed by atoms with Crippen LogP contribution in [0.1, 0.15) is 30.9 Å². The topological polar surface area (TPSA) is 89.5 Å². The molecule has 7 heteroatoms. The minimum atomic E-state index is -3.59. The number of benzene rings is 2. The zero-order chi connectivity index (χ0) is 19.3. The van der Waals surface area contributed by atoms with Crippen molar-refractivity contribution in [3.05, 3.63) is 66.2 Å². The third-order valence-electron chi connectivity index (χ3n) is 4.19. The first-order chi connectivity index (χ1) is 13.0. The summed E-state index contributed by atoms with van der Waals surface area (Å²) in [7, 11) is -3.59. The van der Waals surface area contributed by atoms with Gasteiger partial charge in [-0.05, 0) is 25.0 Å². The molecule has 0 radical (unpaired) electrons. The second kappa shape index (κ2) is 8.35. The monoisotopic (exact) mass is 387 g/mol. The lowest BCUT2D eigenvalue weighted by molar-refractivity contribution is -0.156. The molecule has 0 unspecified atom stereocenters. The predicted octanol–water partition coefficient (Wildman–Crippen LogP) is 2.41. The SMILES string of the molecule is O=C(CCS(=O)(=O)c1ccccc1)O[C@@H](C(=O)NC1CC1)c1ccccc1. The molecule has 2 aromatic carbocycles. The fourth-order valence-corrected chi connectivity index (χ4v) is 3.80. The summed E-state index contributed by atoms with van der Waals surface area (Å²) in [6.45, 7) is 0. The minimum absolute atomic E-state index is 0.126. The zero-order valence-corrected chi connectivity index (χ0v) is 15.5. The van der Waals surface area contributed by atoms with E-state index >= 15 is 0 Å². The Balaban J connectivity index is 1.64. The highest BCUT2D eigenvalue weighted by Gasteiger charge is 2.31. The molecule has 1 fully saturated rings. The van der Waals surface area contributed by atoms with Gasteiger partial charge in [0, 0.05) is 11.6 Å². The molecule has 1 amide bonds. The highest BCUT2D eigenvalue weighted by Crippen LogP contribution is 2.23. The van der Waals surface area contributed by atoms with Crippen molar-refractivity contribution in [3.8, 4) is 0 Å². The van der Waals surface area contributed by atoms with Crippen LogP contribution in [-0.2, 0) is 24.2 Å². The lowest BCUT2D eigenvalue weighted by Crippen LogP contribution is -2.33. The van der Waals surface area contributed by atoms with Crippen molar-refractivity contribution in [2.24, 2.45) is 0 Å². The lowest BCUT2D eigenvalue weighted by Gasteiger charge is -2.18. The summed E-state index contributed by atoms with van der Waals surface area (Å²) in [5.41, 5.74) is 0.551. The molecular weight excluding hydrogens is 366 g/mol. The molecule has 6 nitrogen and oxygen atoms in total. The molecule has 1 aliphatic carbocycles. The van der Waals surface area contributed by atoms with Gasteiger partial charge < -0.3 is 10.1 Å². The van der Waals surface area contributed by atoms with E-state index in [-0.39, 0.29) is 29.0 Å². The Morgan fingerprint density at radius 1 is 1.00 bits per heavy atom. The molecule has 142 valence electrons. The van der Waals surface area contributed by atoms with Gasteiger partial charge in [0.15, 0.2) is 9.84 Å². The summed E-state index contributed by atoms with van der Waals surface area (Å²) in [5, 5.41) is 2.82. The van der Waals surface area contributed by atoms with E-state index in [2.05, 4.69) is 5.32 Å². The largest absolute Gasteiger partial charge is 0.447 e. The maximum Gasteiger partial charge on any atom is 0.307 e. The second-order valence-corrected chi connectivity index (χ2v) is 8.55. The number of hydrogen-bond acceptors (Lipinski definition) is 5. The highest BCUT2D eigenvalue weighted by atomic mass is 32.2. The van der Waals surface area contributed by atoms with E-state index < -0.39 is 21.9 Å². The second-order valence-electron chi connectivity index (χ2n) is 6.45. The number of hydrogen-bond donors (Lipinski definition) is 1. The third-order valence-corrected chi connectivity index (χ3v) is 5.92. The molecule has 3 rings (SSSR count). The fourth-order valence-electron chi connectivity index (χ4n) is 2.56. The van der Waals surface area contributed by atoms with Crippen LogP contribution >= 0.6 is 0 Å². The number of nitrogens with one attached hydrogen (secondary N) is 1. The molecule has 1 aliphatic rings. The smallest absolute Gasteiger partial charge is 0.307 e. The Labute approximate surface area is 158 Å². The minimum Gasteiger partial charge on any atom is -0.447 e. The van der Waals surface area contributed by atoms with Crippen molar-refractivity contribution >= 4 is 21.7 Å². The van der Waals surface area contributed by atoms with Crippen molar-refractivity contribution in [1.29, 1.82) is 0 Å². The highest BCUT2D eigenvalue weighted by molar-refractivity contribution is 7.91. The quantitative estimate of drug-likeness (QED) is 0.703. The van der Waals surface area contributed by atoms with Gasteiger partial charge in [0.25, 0.3) is 5.91 Å². The molecule has 0 saturated heterocycles. The van der Waals surface area contributed by atoms with E-state index in [9.17, 15) is 18.0 Å². The predicted molar refractivity (Wildman–Crippen MR) is 99.6 cm³/mol. The normalized spacial score (nSPS) is 15.0. The van der Waals surface area contributed by atoms with Crippen molar-refractivity contribution in [2.75, 3.05) is 5.75 Å². The maximum atomic E-state index is 12.4. The van der Waals surface area contributed by atoms with Gasteiger partial charge in [-0.3, -0.25) is 9.59 Å². The Kier molecular flexibility index (Phi) is 5.91. The summed E-state index contributed by atoms with van der Waals surface area (Å²) in [6, 6.07) is 16.8. The Morgan fingerprint density at radius 3 is 2.19 bits per heavy atom. The molecule has 1 N–H and O–H groups in total. The van der Waals surface area contributed by atoms with Crippen LogP contribution in [0, 0.1) is 0 Å². The summed E-state index contributed by atoms with van der Waals surface area (Å²) >= 11 is 0. The lowest BCUT2D eigenvalue weighted by atomic mass is 10.1. The van der Waals surface area contributed by atoms with Crippen LogP contribution in [0.3, 0.4) is 0 Å². The van der Waals surface area contributed by atoms with Crippen LogP contribution < -0.4 is 5.32 Å². The first-order valence-electron chi connectivity index (χ1n) is 8.78. The molecule has 1 atom stereocenters. The van der Waals surface area contributed by atoms with E-state index in [0.29, 0.717) is 5.56 Å². The van der Waals surface area contributed by atoms with Crippen LogP contribution in [0.15, 0.2) is 65.6 Å². The summed E-state index contributed by atoms with van der Waals surface area (Å²) in [4.78, 5) is 24.8. The van der Waals surface area contributed by atoms with E-state index in [0.717, 1.165) is 12.8 Å². The Hall–Kier alpha value is -2.67. The molecule has 1 saturated carbocycles. The maximum absolute atomic E-state index is 12.4. The number of esters is 1. The van der Waals surface area contributed by atoms with Gasteiger partial charge in [-0.1, -0.05) is 48.5 Å². The van der Waals surface area contributed by atoms with Gasteiger partial charge in [0.05, 0.1) is 17.1 Å².